The number of carboxylic acid groups (broad SMARTS) is 1. The third-order valence-electron chi connectivity index (χ3n) is 4.22. The Labute approximate surface area is 153 Å². The maximum absolute atomic E-state index is 12.8. The summed E-state index contributed by atoms with van der Waals surface area (Å²) in [4.78, 5) is 10.7. The van der Waals surface area contributed by atoms with Crippen molar-refractivity contribution >= 4 is 22.4 Å². The molecule has 0 saturated carbocycles. The number of carbonyl (C=O) groups is 1. The third-order valence-corrected chi connectivity index (χ3v) is 4.22. The highest BCUT2D eigenvalue weighted by atomic mass is 19.4. The van der Waals surface area contributed by atoms with E-state index >= 15 is 0 Å². The Balaban J connectivity index is 2.08. The second-order valence-corrected chi connectivity index (χ2v) is 6.05. The van der Waals surface area contributed by atoms with Crippen molar-refractivity contribution in [2.45, 2.75) is 6.18 Å². The highest BCUT2D eigenvalue weighted by molar-refractivity contribution is 5.89. The molecule has 0 aliphatic carbocycles. The average Bonchev–Trinajstić information content (AvgIpc) is 2.98. The minimum atomic E-state index is -4.41. The molecule has 0 spiro atoms. The molecule has 1 aromatic heterocycles. The Morgan fingerprint density at radius 1 is 1.04 bits per heavy atom. The monoisotopic (exact) mass is 371 g/mol. The molecule has 0 aliphatic rings. The molecule has 0 radical (unpaired) electrons. The van der Waals surface area contributed by atoms with E-state index in [1.54, 1.807) is 6.08 Å². The van der Waals surface area contributed by atoms with Gasteiger partial charge < -0.3 is 9.67 Å². The fourth-order valence-corrected chi connectivity index (χ4v) is 2.87. The predicted molar refractivity (Wildman–Crippen MR) is 98.2 cm³/mol. The molecule has 0 saturated heterocycles. The second kappa shape index (κ2) is 7.15. The lowest BCUT2D eigenvalue weighted by molar-refractivity contribution is -0.137. The van der Waals surface area contributed by atoms with Gasteiger partial charge in [-0.1, -0.05) is 30.4 Å². The number of fused-ring (bicyclic) bond motifs is 1. The molecule has 138 valence electrons. The van der Waals surface area contributed by atoms with Crippen molar-refractivity contribution in [3.63, 3.8) is 0 Å². The van der Waals surface area contributed by atoms with Crippen molar-refractivity contribution < 1.29 is 23.1 Å². The standard InChI is InChI=1S/C21H16F3NO2/c1-25-12-11-16-13-15(7-10-19(16)25)18(3-2-4-20(26)27)14-5-8-17(9-6-14)21(22,23)24/h2-13H,1H3,(H,26,27). The summed E-state index contributed by atoms with van der Waals surface area (Å²) in [5.74, 6) is -1.10. The van der Waals surface area contributed by atoms with Gasteiger partial charge in [0.1, 0.15) is 0 Å². The van der Waals surface area contributed by atoms with Crippen molar-refractivity contribution in [3.05, 3.63) is 89.6 Å². The van der Waals surface area contributed by atoms with E-state index in [1.165, 1.54) is 18.2 Å². The molecule has 3 aromatic rings. The third kappa shape index (κ3) is 4.11. The minimum absolute atomic E-state index is 0.563. The van der Waals surface area contributed by atoms with Crippen LogP contribution in [0.4, 0.5) is 13.2 Å². The number of halogens is 3. The smallest absolute Gasteiger partial charge is 0.416 e. The Bertz CT molecular complexity index is 1040. The number of carboxylic acids is 1. The van der Waals surface area contributed by atoms with Crippen LogP contribution in [0.5, 0.6) is 0 Å². The van der Waals surface area contributed by atoms with E-state index < -0.39 is 17.7 Å². The molecular weight excluding hydrogens is 355 g/mol. The fourth-order valence-electron chi connectivity index (χ4n) is 2.87. The number of aryl methyl sites for hydroxylation is 1. The number of hydrogen-bond acceptors (Lipinski definition) is 1. The summed E-state index contributed by atoms with van der Waals surface area (Å²) in [5, 5.41) is 9.78. The highest BCUT2D eigenvalue weighted by Crippen LogP contribution is 2.32. The molecule has 3 nitrogen and oxygen atoms in total. The number of aliphatic carboxylic acids is 1. The van der Waals surface area contributed by atoms with Crippen LogP contribution in [0.15, 0.2) is 73.0 Å². The minimum Gasteiger partial charge on any atom is -0.478 e. The Morgan fingerprint density at radius 3 is 2.33 bits per heavy atom. The number of hydrogen-bond donors (Lipinski definition) is 1. The fraction of sp³-hybridized carbons (Fsp3) is 0.0952. The zero-order chi connectivity index (χ0) is 19.6. The van der Waals surface area contributed by atoms with Crippen LogP contribution in [0.2, 0.25) is 0 Å². The van der Waals surface area contributed by atoms with Gasteiger partial charge in [0.2, 0.25) is 0 Å². The summed E-state index contributed by atoms with van der Waals surface area (Å²) in [6.45, 7) is 0. The van der Waals surface area contributed by atoms with Gasteiger partial charge in [-0.2, -0.15) is 13.2 Å². The van der Waals surface area contributed by atoms with Crippen LogP contribution in [-0.4, -0.2) is 15.6 Å². The normalized spacial score (nSPS) is 12.8. The number of aromatic nitrogens is 1. The van der Waals surface area contributed by atoms with Gasteiger partial charge in [0.05, 0.1) is 5.56 Å². The summed E-state index contributed by atoms with van der Waals surface area (Å²) >= 11 is 0. The largest absolute Gasteiger partial charge is 0.478 e. The van der Waals surface area contributed by atoms with E-state index in [0.29, 0.717) is 11.1 Å². The molecule has 0 bridgehead atoms. The maximum atomic E-state index is 12.8. The predicted octanol–water partition coefficient (Wildman–Crippen LogP) is 5.27. The van der Waals surface area contributed by atoms with E-state index in [1.807, 2.05) is 42.1 Å². The van der Waals surface area contributed by atoms with Gasteiger partial charge in [-0.05, 0) is 47.0 Å². The summed E-state index contributed by atoms with van der Waals surface area (Å²) in [7, 11) is 1.92. The van der Waals surface area contributed by atoms with Gasteiger partial charge in [0.15, 0.2) is 0 Å². The highest BCUT2D eigenvalue weighted by Gasteiger charge is 2.30. The van der Waals surface area contributed by atoms with Crippen molar-refractivity contribution in [1.29, 1.82) is 0 Å². The zero-order valence-corrected chi connectivity index (χ0v) is 14.4. The van der Waals surface area contributed by atoms with Gasteiger partial charge in [-0.15, -0.1) is 0 Å². The molecule has 0 fully saturated rings. The molecule has 0 atom stereocenters. The number of allylic oxidation sites excluding steroid dienone is 2. The van der Waals surface area contributed by atoms with E-state index in [4.69, 9.17) is 5.11 Å². The summed E-state index contributed by atoms with van der Waals surface area (Å²) in [6, 6.07) is 12.5. The quantitative estimate of drug-likeness (QED) is 0.501. The molecule has 0 amide bonds. The molecule has 1 N–H and O–H groups in total. The molecular formula is C21H16F3NO2. The van der Waals surface area contributed by atoms with Crippen LogP contribution < -0.4 is 0 Å². The van der Waals surface area contributed by atoms with Gasteiger partial charge >= 0.3 is 12.1 Å². The zero-order valence-electron chi connectivity index (χ0n) is 14.4. The molecule has 27 heavy (non-hydrogen) atoms. The lowest BCUT2D eigenvalue weighted by Gasteiger charge is -2.11. The second-order valence-electron chi connectivity index (χ2n) is 6.05. The van der Waals surface area contributed by atoms with Gasteiger partial charge in [-0.3, -0.25) is 0 Å². The average molecular weight is 371 g/mol. The van der Waals surface area contributed by atoms with Crippen LogP contribution in [-0.2, 0) is 18.0 Å². The van der Waals surface area contributed by atoms with Crippen molar-refractivity contribution in [1.82, 2.24) is 4.57 Å². The first-order valence-electron chi connectivity index (χ1n) is 8.10. The first-order chi connectivity index (χ1) is 12.8. The SMILES string of the molecule is Cn1ccc2cc(C(=CC=CC(=O)O)c3ccc(C(F)(F)F)cc3)ccc21. The van der Waals surface area contributed by atoms with Crippen molar-refractivity contribution in [2.24, 2.45) is 7.05 Å². The van der Waals surface area contributed by atoms with Crippen LogP contribution >= 0.6 is 0 Å². The lowest BCUT2D eigenvalue weighted by Crippen LogP contribution is -2.04. The molecule has 6 heteroatoms. The Hall–Kier alpha value is -3.28. The van der Waals surface area contributed by atoms with Crippen LogP contribution in [0.25, 0.3) is 16.5 Å². The molecule has 3 rings (SSSR count). The molecule has 2 aromatic carbocycles. The first kappa shape index (κ1) is 18.5. The number of alkyl halides is 3. The maximum Gasteiger partial charge on any atom is 0.416 e. The topological polar surface area (TPSA) is 42.2 Å². The van der Waals surface area contributed by atoms with Crippen molar-refractivity contribution in [3.8, 4) is 0 Å². The van der Waals surface area contributed by atoms with Gasteiger partial charge in [0.25, 0.3) is 0 Å². The number of benzene rings is 2. The Kier molecular flexibility index (Phi) is 4.90. The summed E-state index contributed by atoms with van der Waals surface area (Å²) < 4.78 is 40.4. The summed E-state index contributed by atoms with van der Waals surface area (Å²) in [6.07, 6.45) is 1.44. The number of nitrogens with zero attached hydrogens (tertiary/aromatic N) is 1. The van der Waals surface area contributed by atoms with Gasteiger partial charge in [-0.25, -0.2) is 4.79 Å². The van der Waals surface area contributed by atoms with Gasteiger partial charge in [0, 0.05) is 30.2 Å². The lowest BCUT2D eigenvalue weighted by atomic mass is 9.95. The van der Waals surface area contributed by atoms with E-state index in [-0.39, 0.29) is 0 Å². The first-order valence-corrected chi connectivity index (χ1v) is 8.10. The summed E-state index contributed by atoms with van der Waals surface area (Å²) in [5.41, 5.74) is 2.26. The van der Waals surface area contributed by atoms with Crippen LogP contribution in [0.3, 0.4) is 0 Å². The van der Waals surface area contributed by atoms with Crippen molar-refractivity contribution in [2.75, 3.05) is 0 Å². The van der Waals surface area contributed by atoms with Crippen LogP contribution in [0.1, 0.15) is 16.7 Å². The van der Waals surface area contributed by atoms with E-state index in [9.17, 15) is 18.0 Å². The molecule has 0 unspecified atom stereocenters. The Morgan fingerprint density at radius 2 is 1.70 bits per heavy atom. The number of rotatable bonds is 4. The van der Waals surface area contributed by atoms with Crippen LogP contribution in [0, 0.1) is 0 Å². The molecule has 0 aliphatic heterocycles. The van der Waals surface area contributed by atoms with E-state index in [0.717, 1.165) is 34.7 Å². The van der Waals surface area contributed by atoms with E-state index in [2.05, 4.69) is 0 Å². The molecule has 1 heterocycles.